The summed E-state index contributed by atoms with van der Waals surface area (Å²) >= 11 is 0. The predicted octanol–water partition coefficient (Wildman–Crippen LogP) is 2.56. The summed E-state index contributed by atoms with van der Waals surface area (Å²) in [4.78, 5) is 12.2. The van der Waals surface area contributed by atoms with E-state index >= 15 is 0 Å². The van der Waals surface area contributed by atoms with Crippen LogP contribution in [0.25, 0.3) is 0 Å². The molecule has 0 bridgehead atoms. The average Bonchev–Trinajstić information content (AvgIpc) is 2.58. The van der Waals surface area contributed by atoms with Crippen LogP contribution < -0.4 is 5.01 Å². The fourth-order valence-electron chi connectivity index (χ4n) is 2.14. The predicted molar refractivity (Wildman–Crippen MR) is 70.2 cm³/mol. The van der Waals surface area contributed by atoms with Gasteiger partial charge in [0.2, 0.25) is 0 Å². The van der Waals surface area contributed by atoms with Crippen LogP contribution in [0.5, 0.6) is 0 Å². The molecule has 2 rings (SSSR count). The van der Waals surface area contributed by atoms with Crippen LogP contribution in [0.15, 0.2) is 23.3 Å². The Bertz CT molecular complexity index is 569. The van der Waals surface area contributed by atoms with Crippen LogP contribution >= 0.6 is 0 Å². The minimum absolute atomic E-state index is 0.110. The Kier molecular flexibility index (Phi) is 3.15. The Morgan fingerprint density at radius 2 is 2.11 bits per heavy atom. The molecule has 0 N–H and O–H groups in total. The third-order valence-electron chi connectivity index (χ3n) is 3.14. The number of amides is 1. The van der Waals surface area contributed by atoms with Gasteiger partial charge < -0.3 is 0 Å². The van der Waals surface area contributed by atoms with E-state index in [1.807, 2.05) is 38.1 Å². The van der Waals surface area contributed by atoms with Gasteiger partial charge in [0.1, 0.15) is 0 Å². The number of carbonyl (C=O) groups excluding carboxylic acids is 1. The molecule has 4 heteroatoms. The van der Waals surface area contributed by atoms with Crippen molar-refractivity contribution in [1.82, 2.24) is 0 Å². The first-order valence-corrected chi connectivity index (χ1v) is 5.88. The molecule has 0 fully saturated rings. The Labute approximate surface area is 107 Å². The average molecular weight is 241 g/mol. The maximum Gasteiger partial charge on any atom is 0.257 e. The lowest BCUT2D eigenvalue weighted by molar-refractivity contribution is -0.119. The van der Waals surface area contributed by atoms with Gasteiger partial charge in [-0.3, -0.25) is 4.79 Å². The molecule has 18 heavy (non-hydrogen) atoms. The monoisotopic (exact) mass is 241 g/mol. The molecular weight excluding hydrogens is 226 g/mol. The summed E-state index contributed by atoms with van der Waals surface area (Å²) < 4.78 is 0. The van der Waals surface area contributed by atoms with Gasteiger partial charge in [-0.05, 0) is 32.4 Å². The van der Waals surface area contributed by atoms with Gasteiger partial charge in [0.15, 0.2) is 0 Å². The van der Waals surface area contributed by atoms with E-state index in [-0.39, 0.29) is 12.3 Å². The molecule has 1 aromatic carbocycles. The van der Waals surface area contributed by atoms with Crippen LogP contribution in [-0.2, 0) is 4.79 Å². The van der Waals surface area contributed by atoms with E-state index < -0.39 is 5.92 Å². The largest absolute Gasteiger partial charge is 0.272 e. The second-order valence-electron chi connectivity index (χ2n) is 4.60. The van der Waals surface area contributed by atoms with E-state index in [0.29, 0.717) is 5.71 Å². The fourth-order valence-corrected chi connectivity index (χ4v) is 2.14. The normalized spacial score (nSPS) is 18.8. The van der Waals surface area contributed by atoms with Gasteiger partial charge >= 0.3 is 0 Å². The summed E-state index contributed by atoms with van der Waals surface area (Å²) in [7, 11) is 0. The van der Waals surface area contributed by atoms with E-state index in [1.54, 1.807) is 6.92 Å². The number of rotatable bonds is 2. The van der Waals surface area contributed by atoms with Crippen LogP contribution in [0, 0.1) is 31.1 Å². The lowest BCUT2D eigenvalue weighted by Gasteiger charge is -2.16. The number of hydrogen-bond acceptors (Lipinski definition) is 3. The summed E-state index contributed by atoms with van der Waals surface area (Å²) in [5, 5.41) is 14.4. The van der Waals surface area contributed by atoms with Crippen molar-refractivity contribution in [3.8, 4) is 6.07 Å². The third-order valence-corrected chi connectivity index (χ3v) is 3.14. The van der Waals surface area contributed by atoms with Crippen LogP contribution in [-0.4, -0.2) is 11.6 Å². The quantitative estimate of drug-likeness (QED) is 0.799. The zero-order valence-corrected chi connectivity index (χ0v) is 10.8. The van der Waals surface area contributed by atoms with Crippen molar-refractivity contribution in [1.29, 1.82) is 5.26 Å². The topological polar surface area (TPSA) is 56.5 Å². The molecule has 0 aliphatic carbocycles. The number of benzene rings is 1. The number of aryl methyl sites for hydroxylation is 2. The summed E-state index contributed by atoms with van der Waals surface area (Å²) in [6.07, 6.45) is 0.190. The number of anilines is 1. The van der Waals surface area contributed by atoms with E-state index in [1.165, 1.54) is 5.01 Å². The third kappa shape index (κ3) is 2.00. The lowest BCUT2D eigenvalue weighted by Crippen LogP contribution is -2.27. The minimum atomic E-state index is -0.393. The van der Waals surface area contributed by atoms with Gasteiger partial charge in [-0.1, -0.05) is 17.7 Å². The minimum Gasteiger partial charge on any atom is -0.272 e. The Morgan fingerprint density at radius 1 is 1.39 bits per heavy atom. The van der Waals surface area contributed by atoms with Gasteiger partial charge in [0.05, 0.1) is 24.1 Å². The number of nitriles is 1. The molecule has 0 aromatic heterocycles. The van der Waals surface area contributed by atoms with Gasteiger partial charge in [-0.15, -0.1) is 0 Å². The van der Waals surface area contributed by atoms with Crippen molar-refractivity contribution >= 4 is 17.3 Å². The van der Waals surface area contributed by atoms with Crippen molar-refractivity contribution in [2.45, 2.75) is 27.2 Å². The Balaban J connectivity index is 2.36. The number of hydrogen-bond donors (Lipinski definition) is 0. The zero-order valence-electron chi connectivity index (χ0n) is 10.8. The van der Waals surface area contributed by atoms with E-state index in [4.69, 9.17) is 5.26 Å². The highest BCUT2D eigenvalue weighted by molar-refractivity contribution is 6.15. The first kappa shape index (κ1) is 12.3. The first-order chi connectivity index (χ1) is 8.54. The van der Waals surface area contributed by atoms with Crippen molar-refractivity contribution in [2.75, 3.05) is 5.01 Å². The van der Waals surface area contributed by atoms with Gasteiger partial charge in [0, 0.05) is 5.71 Å². The Morgan fingerprint density at radius 3 is 2.72 bits per heavy atom. The lowest BCUT2D eigenvalue weighted by atomic mass is 10.0. The van der Waals surface area contributed by atoms with Gasteiger partial charge in [-0.25, -0.2) is 0 Å². The second-order valence-corrected chi connectivity index (χ2v) is 4.60. The van der Waals surface area contributed by atoms with E-state index in [0.717, 1.165) is 16.8 Å². The van der Waals surface area contributed by atoms with Crippen molar-refractivity contribution in [2.24, 2.45) is 11.0 Å². The van der Waals surface area contributed by atoms with Gasteiger partial charge in [0.25, 0.3) is 5.91 Å². The molecule has 1 heterocycles. The standard InChI is InChI=1S/C14H15N3O/c1-9-4-5-13(10(2)8-9)17-14(18)12(6-7-15)11(3)16-17/h4-5,8,12H,6H2,1-3H3. The number of nitrogens with zero attached hydrogens (tertiary/aromatic N) is 3. The van der Waals surface area contributed by atoms with Crippen molar-refractivity contribution in [3.05, 3.63) is 29.3 Å². The molecule has 1 amide bonds. The second kappa shape index (κ2) is 4.61. The smallest absolute Gasteiger partial charge is 0.257 e. The van der Waals surface area contributed by atoms with Crippen LogP contribution in [0.2, 0.25) is 0 Å². The molecular formula is C14H15N3O. The van der Waals surface area contributed by atoms with Crippen LogP contribution in [0.4, 0.5) is 5.69 Å². The highest BCUT2D eigenvalue weighted by Crippen LogP contribution is 2.28. The molecule has 1 unspecified atom stereocenters. The van der Waals surface area contributed by atoms with Gasteiger partial charge in [-0.2, -0.15) is 15.4 Å². The first-order valence-electron chi connectivity index (χ1n) is 5.88. The summed E-state index contributed by atoms with van der Waals surface area (Å²) in [6.45, 7) is 5.76. The fraction of sp³-hybridized carbons (Fsp3) is 0.357. The van der Waals surface area contributed by atoms with Crippen LogP contribution in [0.1, 0.15) is 24.5 Å². The maximum absolute atomic E-state index is 12.2. The molecule has 1 aromatic rings. The maximum atomic E-state index is 12.2. The molecule has 0 spiro atoms. The van der Waals surface area contributed by atoms with Crippen LogP contribution in [0.3, 0.4) is 0 Å². The SMILES string of the molecule is CC1=NN(c2ccc(C)cc2C)C(=O)C1CC#N. The molecule has 92 valence electrons. The molecule has 0 radical (unpaired) electrons. The molecule has 1 aliphatic heterocycles. The number of hydrazone groups is 1. The van der Waals surface area contributed by atoms with Crippen molar-refractivity contribution in [3.63, 3.8) is 0 Å². The number of carbonyl (C=O) groups is 1. The summed E-state index contributed by atoms with van der Waals surface area (Å²) in [5.74, 6) is -0.503. The van der Waals surface area contributed by atoms with E-state index in [9.17, 15) is 4.79 Å². The van der Waals surface area contributed by atoms with Crippen molar-refractivity contribution < 1.29 is 4.79 Å². The summed E-state index contributed by atoms with van der Waals surface area (Å²) in [6, 6.07) is 7.91. The molecule has 1 aliphatic rings. The zero-order chi connectivity index (χ0) is 13.3. The highest BCUT2D eigenvalue weighted by atomic mass is 16.2. The molecule has 0 saturated carbocycles. The van der Waals surface area contributed by atoms with E-state index in [2.05, 4.69) is 5.10 Å². The highest BCUT2D eigenvalue weighted by Gasteiger charge is 2.34. The Hall–Kier alpha value is -2.15. The molecule has 4 nitrogen and oxygen atoms in total. The molecule has 0 saturated heterocycles. The molecule has 1 atom stereocenters. The summed E-state index contributed by atoms with van der Waals surface area (Å²) in [5.41, 5.74) is 3.67.